The number of aryl methyl sites for hydroxylation is 1. The van der Waals surface area contributed by atoms with Crippen LogP contribution in [0.2, 0.25) is 0 Å². The van der Waals surface area contributed by atoms with E-state index in [1.54, 1.807) is 6.08 Å². The monoisotopic (exact) mass is 247 g/mol. The Kier molecular flexibility index (Phi) is 4.09. The van der Waals surface area contributed by atoms with Crippen molar-refractivity contribution in [3.8, 4) is 11.3 Å². The van der Waals surface area contributed by atoms with E-state index in [1.807, 2.05) is 37.4 Å². The standard InChI is InChI=1S/C18H17N/c1-4-7-15(5-2)16-8-6-9-17(12-16)18-11-10-14(3)13-19-18/h4-13H,1-2H2,3H3/b15-7+. The van der Waals surface area contributed by atoms with Crippen molar-refractivity contribution in [3.63, 3.8) is 0 Å². The summed E-state index contributed by atoms with van der Waals surface area (Å²) in [4.78, 5) is 4.46. The summed E-state index contributed by atoms with van der Waals surface area (Å²) in [7, 11) is 0. The van der Waals surface area contributed by atoms with Crippen LogP contribution in [0.1, 0.15) is 11.1 Å². The van der Waals surface area contributed by atoms with E-state index in [0.29, 0.717) is 0 Å². The van der Waals surface area contributed by atoms with Gasteiger partial charge in [0.25, 0.3) is 0 Å². The molecule has 0 saturated heterocycles. The molecule has 94 valence electrons. The molecule has 1 aromatic carbocycles. The molecule has 0 fully saturated rings. The number of allylic oxidation sites excluding steroid dienone is 4. The van der Waals surface area contributed by atoms with Gasteiger partial charge in [-0.05, 0) is 35.8 Å². The van der Waals surface area contributed by atoms with Crippen LogP contribution in [-0.2, 0) is 0 Å². The first-order valence-electron chi connectivity index (χ1n) is 6.23. The molecular formula is C18H17N. The first kappa shape index (κ1) is 13.0. The highest BCUT2D eigenvalue weighted by Crippen LogP contribution is 2.23. The van der Waals surface area contributed by atoms with Gasteiger partial charge in [0.15, 0.2) is 0 Å². The predicted octanol–water partition coefficient (Wildman–Crippen LogP) is 4.81. The largest absolute Gasteiger partial charge is 0.256 e. The molecule has 1 aromatic heterocycles. The molecule has 0 spiro atoms. The molecule has 0 N–H and O–H groups in total. The normalized spacial score (nSPS) is 11.1. The molecule has 0 saturated carbocycles. The molecule has 0 atom stereocenters. The summed E-state index contributed by atoms with van der Waals surface area (Å²) in [5.74, 6) is 0. The van der Waals surface area contributed by atoms with Crippen molar-refractivity contribution in [1.29, 1.82) is 0 Å². The minimum Gasteiger partial charge on any atom is -0.256 e. The number of hydrogen-bond donors (Lipinski definition) is 0. The fourth-order valence-corrected chi connectivity index (χ4v) is 1.91. The minimum absolute atomic E-state index is 0.981. The molecule has 0 amide bonds. The van der Waals surface area contributed by atoms with Crippen molar-refractivity contribution in [2.75, 3.05) is 0 Å². The van der Waals surface area contributed by atoms with Gasteiger partial charge >= 0.3 is 0 Å². The Labute approximate surface area is 114 Å². The zero-order valence-corrected chi connectivity index (χ0v) is 11.1. The highest BCUT2D eigenvalue weighted by molar-refractivity contribution is 5.77. The van der Waals surface area contributed by atoms with E-state index >= 15 is 0 Å². The van der Waals surface area contributed by atoms with Crippen molar-refractivity contribution in [2.24, 2.45) is 0 Å². The molecule has 0 aliphatic heterocycles. The van der Waals surface area contributed by atoms with Gasteiger partial charge < -0.3 is 0 Å². The summed E-state index contributed by atoms with van der Waals surface area (Å²) in [6.07, 6.45) is 7.45. The lowest BCUT2D eigenvalue weighted by Gasteiger charge is -2.06. The molecule has 2 rings (SSSR count). The van der Waals surface area contributed by atoms with Crippen molar-refractivity contribution in [1.82, 2.24) is 4.98 Å². The van der Waals surface area contributed by atoms with Crippen molar-refractivity contribution in [3.05, 3.63) is 85.1 Å². The van der Waals surface area contributed by atoms with Gasteiger partial charge in [0.1, 0.15) is 0 Å². The zero-order valence-electron chi connectivity index (χ0n) is 11.1. The molecule has 0 bridgehead atoms. The Morgan fingerprint density at radius 3 is 2.63 bits per heavy atom. The number of aromatic nitrogens is 1. The molecule has 0 aliphatic rings. The summed E-state index contributed by atoms with van der Waals surface area (Å²) < 4.78 is 0. The second-order valence-corrected chi connectivity index (χ2v) is 4.36. The molecule has 2 aromatic rings. The lowest BCUT2D eigenvalue weighted by atomic mass is 10.0. The number of rotatable bonds is 4. The molecular weight excluding hydrogens is 230 g/mol. The third kappa shape index (κ3) is 3.08. The van der Waals surface area contributed by atoms with Crippen LogP contribution in [0.15, 0.2) is 74.0 Å². The van der Waals surface area contributed by atoms with Crippen LogP contribution in [0.5, 0.6) is 0 Å². The van der Waals surface area contributed by atoms with Crippen LogP contribution >= 0.6 is 0 Å². The Balaban J connectivity index is 2.44. The fourth-order valence-electron chi connectivity index (χ4n) is 1.91. The fraction of sp³-hybridized carbons (Fsp3) is 0.0556. The van der Waals surface area contributed by atoms with E-state index in [4.69, 9.17) is 0 Å². The SMILES string of the molecule is C=C/C=C(\C=C)c1cccc(-c2ccc(C)cn2)c1. The number of hydrogen-bond acceptors (Lipinski definition) is 1. The van der Waals surface area contributed by atoms with Crippen molar-refractivity contribution in [2.45, 2.75) is 6.92 Å². The summed E-state index contributed by atoms with van der Waals surface area (Å²) in [5, 5.41) is 0. The van der Waals surface area contributed by atoms with Crippen LogP contribution in [0.4, 0.5) is 0 Å². The summed E-state index contributed by atoms with van der Waals surface area (Å²) in [5.41, 5.74) is 5.43. The third-order valence-corrected chi connectivity index (χ3v) is 2.92. The van der Waals surface area contributed by atoms with Gasteiger partial charge in [0.2, 0.25) is 0 Å². The molecule has 0 radical (unpaired) electrons. The second-order valence-electron chi connectivity index (χ2n) is 4.36. The van der Waals surface area contributed by atoms with Gasteiger partial charge in [-0.1, -0.05) is 55.7 Å². The van der Waals surface area contributed by atoms with Crippen molar-refractivity contribution >= 4 is 5.57 Å². The van der Waals surface area contributed by atoms with Gasteiger partial charge in [-0.15, -0.1) is 0 Å². The topological polar surface area (TPSA) is 12.9 Å². The Hall–Kier alpha value is -2.41. The van der Waals surface area contributed by atoms with Crippen LogP contribution in [0.3, 0.4) is 0 Å². The van der Waals surface area contributed by atoms with Gasteiger partial charge in [-0.25, -0.2) is 0 Å². The highest BCUT2D eigenvalue weighted by Gasteiger charge is 2.02. The minimum atomic E-state index is 0.981. The smallest absolute Gasteiger partial charge is 0.0702 e. The maximum absolute atomic E-state index is 4.46. The first-order chi connectivity index (χ1) is 9.24. The maximum atomic E-state index is 4.46. The average molecular weight is 247 g/mol. The number of pyridine rings is 1. The van der Waals surface area contributed by atoms with Gasteiger partial charge in [0.05, 0.1) is 5.69 Å². The lowest BCUT2D eigenvalue weighted by molar-refractivity contribution is 1.27. The lowest BCUT2D eigenvalue weighted by Crippen LogP contribution is -1.86. The van der Waals surface area contributed by atoms with Crippen LogP contribution in [0.25, 0.3) is 16.8 Å². The molecule has 1 heterocycles. The van der Waals surface area contributed by atoms with E-state index in [9.17, 15) is 0 Å². The molecule has 0 unspecified atom stereocenters. The molecule has 1 heteroatoms. The van der Waals surface area contributed by atoms with E-state index in [-0.39, 0.29) is 0 Å². The van der Waals surface area contributed by atoms with E-state index in [0.717, 1.165) is 22.4 Å². The number of benzene rings is 1. The Bertz CT molecular complexity index is 618. The molecule has 0 aliphatic carbocycles. The van der Waals surface area contributed by atoms with Gasteiger partial charge in [-0.3, -0.25) is 4.98 Å². The second kappa shape index (κ2) is 5.96. The molecule has 19 heavy (non-hydrogen) atoms. The quantitative estimate of drug-likeness (QED) is 0.706. The zero-order chi connectivity index (χ0) is 13.7. The summed E-state index contributed by atoms with van der Waals surface area (Å²) in [6, 6.07) is 12.4. The van der Waals surface area contributed by atoms with Gasteiger partial charge in [-0.2, -0.15) is 0 Å². The van der Waals surface area contributed by atoms with Crippen LogP contribution in [-0.4, -0.2) is 4.98 Å². The Morgan fingerprint density at radius 2 is 2.00 bits per heavy atom. The average Bonchev–Trinajstić information content (AvgIpc) is 2.45. The van der Waals surface area contributed by atoms with Crippen LogP contribution < -0.4 is 0 Å². The molecule has 1 nitrogen and oxygen atoms in total. The first-order valence-corrected chi connectivity index (χ1v) is 6.23. The summed E-state index contributed by atoms with van der Waals surface area (Å²) in [6.45, 7) is 9.60. The van der Waals surface area contributed by atoms with E-state index < -0.39 is 0 Å². The van der Waals surface area contributed by atoms with E-state index in [2.05, 4.69) is 42.4 Å². The Morgan fingerprint density at radius 1 is 1.16 bits per heavy atom. The van der Waals surface area contributed by atoms with Crippen molar-refractivity contribution < 1.29 is 0 Å². The summed E-state index contributed by atoms with van der Waals surface area (Å²) >= 11 is 0. The third-order valence-electron chi connectivity index (χ3n) is 2.92. The maximum Gasteiger partial charge on any atom is 0.0702 e. The van der Waals surface area contributed by atoms with Gasteiger partial charge in [0, 0.05) is 11.8 Å². The van der Waals surface area contributed by atoms with E-state index in [1.165, 1.54) is 5.56 Å². The van der Waals surface area contributed by atoms with Crippen LogP contribution in [0, 0.1) is 6.92 Å². The predicted molar refractivity (Wildman–Crippen MR) is 82.8 cm³/mol. The highest BCUT2D eigenvalue weighted by atomic mass is 14.7. The number of nitrogens with zero attached hydrogens (tertiary/aromatic N) is 1.